The molecule has 0 spiro atoms. The number of amides is 2. The van der Waals surface area contributed by atoms with Crippen molar-refractivity contribution in [1.82, 2.24) is 4.90 Å². The highest BCUT2D eigenvalue weighted by Crippen LogP contribution is 2.48. The van der Waals surface area contributed by atoms with Crippen molar-refractivity contribution >= 4 is 33.6 Å². The SMILES string of the molecule is Cc1cc(Br)ccc1NC(=O)N1C[C@@H]2CCC[C@@]2(C(=O)O)C1. The minimum absolute atomic E-state index is 0.0850. The molecule has 2 N–H and O–H groups in total. The number of benzene rings is 1. The topological polar surface area (TPSA) is 69.6 Å². The number of nitrogens with one attached hydrogen (secondary N) is 1. The van der Waals surface area contributed by atoms with E-state index in [1.165, 1.54) is 0 Å². The number of hydrogen-bond donors (Lipinski definition) is 2. The van der Waals surface area contributed by atoms with Crippen LogP contribution in [0.3, 0.4) is 0 Å². The second-order valence-corrected chi connectivity index (χ2v) is 7.24. The fourth-order valence-electron chi connectivity index (χ4n) is 3.76. The number of aliphatic carboxylic acids is 1. The molecule has 0 bridgehead atoms. The Labute approximate surface area is 137 Å². The molecule has 118 valence electrons. The van der Waals surface area contributed by atoms with E-state index < -0.39 is 11.4 Å². The second kappa shape index (κ2) is 5.57. The summed E-state index contributed by atoms with van der Waals surface area (Å²) < 4.78 is 0.962. The number of rotatable bonds is 2. The first-order chi connectivity index (χ1) is 10.4. The average molecular weight is 367 g/mol. The fourth-order valence-corrected chi connectivity index (χ4v) is 4.23. The van der Waals surface area contributed by atoms with E-state index >= 15 is 0 Å². The first-order valence-corrected chi connectivity index (χ1v) is 8.27. The van der Waals surface area contributed by atoms with Crippen molar-refractivity contribution in [2.75, 3.05) is 18.4 Å². The molecule has 3 rings (SSSR count). The molecule has 1 aliphatic heterocycles. The van der Waals surface area contributed by atoms with Gasteiger partial charge in [0.25, 0.3) is 0 Å². The number of fused-ring (bicyclic) bond motifs is 1. The summed E-state index contributed by atoms with van der Waals surface area (Å²) in [6, 6.07) is 5.45. The van der Waals surface area contributed by atoms with E-state index in [1.54, 1.807) is 4.90 Å². The molecule has 6 heteroatoms. The van der Waals surface area contributed by atoms with Gasteiger partial charge in [-0.25, -0.2) is 4.79 Å². The van der Waals surface area contributed by atoms with Gasteiger partial charge in [-0.15, -0.1) is 0 Å². The summed E-state index contributed by atoms with van der Waals surface area (Å²) in [6.07, 6.45) is 2.51. The quantitative estimate of drug-likeness (QED) is 0.841. The predicted octanol–water partition coefficient (Wildman–Crippen LogP) is 3.48. The highest BCUT2D eigenvalue weighted by Gasteiger charge is 2.55. The zero-order chi connectivity index (χ0) is 15.9. The van der Waals surface area contributed by atoms with Crippen LogP contribution in [0.25, 0.3) is 0 Å². The average Bonchev–Trinajstić information content (AvgIpc) is 2.99. The van der Waals surface area contributed by atoms with Gasteiger partial charge in [0.1, 0.15) is 0 Å². The molecular formula is C16H19BrN2O3. The van der Waals surface area contributed by atoms with Gasteiger partial charge in [0, 0.05) is 23.2 Å². The zero-order valence-corrected chi connectivity index (χ0v) is 14.0. The molecule has 1 saturated carbocycles. The summed E-state index contributed by atoms with van der Waals surface area (Å²) in [4.78, 5) is 25.8. The second-order valence-electron chi connectivity index (χ2n) is 6.32. The minimum atomic E-state index is -0.759. The molecule has 1 aromatic carbocycles. The van der Waals surface area contributed by atoms with E-state index in [2.05, 4.69) is 21.2 Å². The first kappa shape index (κ1) is 15.3. The van der Waals surface area contributed by atoms with E-state index in [4.69, 9.17) is 0 Å². The maximum atomic E-state index is 12.5. The van der Waals surface area contributed by atoms with Crippen LogP contribution >= 0.6 is 15.9 Å². The third kappa shape index (κ3) is 2.49. The van der Waals surface area contributed by atoms with E-state index in [1.807, 2.05) is 25.1 Å². The standard InChI is InChI=1S/C16H19BrN2O3/c1-10-7-12(17)4-5-13(10)18-15(22)19-8-11-3-2-6-16(11,9-19)14(20)21/h4-5,7,11H,2-3,6,8-9H2,1H3,(H,18,22)(H,20,21)/t11-,16+/m0/s1. The molecular weight excluding hydrogens is 348 g/mol. The van der Waals surface area contributed by atoms with Gasteiger partial charge in [0.2, 0.25) is 0 Å². The lowest BCUT2D eigenvalue weighted by Gasteiger charge is -2.23. The van der Waals surface area contributed by atoms with Gasteiger partial charge in [0.05, 0.1) is 5.41 Å². The van der Waals surface area contributed by atoms with Crippen molar-refractivity contribution < 1.29 is 14.7 Å². The monoisotopic (exact) mass is 366 g/mol. The van der Waals surface area contributed by atoms with E-state index in [0.717, 1.165) is 28.6 Å². The summed E-state index contributed by atoms with van der Waals surface area (Å²) in [5.74, 6) is -0.674. The minimum Gasteiger partial charge on any atom is -0.481 e. The molecule has 1 heterocycles. The highest BCUT2D eigenvalue weighted by molar-refractivity contribution is 9.10. The number of carbonyl (C=O) groups is 2. The maximum absolute atomic E-state index is 12.5. The molecule has 2 atom stereocenters. The summed E-state index contributed by atoms with van der Waals surface area (Å²) in [5, 5.41) is 12.5. The number of urea groups is 1. The van der Waals surface area contributed by atoms with Gasteiger partial charge < -0.3 is 15.3 Å². The number of anilines is 1. The van der Waals surface area contributed by atoms with Gasteiger partial charge in [-0.2, -0.15) is 0 Å². The Kier molecular flexibility index (Phi) is 3.89. The number of halogens is 1. The van der Waals surface area contributed by atoms with Gasteiger partial charge in [-0.1, -0.05) is 22.4 Å². The predicted molar refractivity (Wildman–Crippen MR) is 86.9 cm³/mol. The van der Waals surface area contributed by atoms with Crippen LogP contribution in [0.1, 0.15) is 24.8 Å². The van der Waals surface area contributed by atoms with Gasteiger partial charge in [-0.3, -0.25) is 4.79 Å². The van der Waals surface area contributed by atoms with Crippen molar-refractivity contribution in [2.45, 2.75) is 26.2 Å². The smallest absolute Gasteiger partial charge is 0.321 e. The van der Waals surface area contributed by atoms with Crippen molar-refractivity contribution in [2.24, 2.45) is 11.3 Å². The molecule has 0 aromatic heterocycles. The number of carboxylic acid groups (broad SMARTS) is 1. The van der Waals surface area contributed by atoms with E-state index in [9.17, 15) is 14.7 Å². The normalized spacial score (nSPS) is 26.8. The Bertz CT molecular complexity index is 634. The summed E-state index contributed by atoms with van der Waals surface area (Å²) in [5.41, 5.74) is 0.997. The van der Waals surface area contributed by atoms with Gasteiger partial charge in [-0.05, 0) is 49.4 Å². The third-order valence-corrected chi connectivity index (χ3v) is 5.51. The van der Waals surface area contributed by atoms with E-state index in [0.29, 0.717) is 19.5 Å². The lowest BCUT2D eigenvalue weighted by Crippen LogP contribution is -2.38. The fraction of sp³-hybridized carbons (Fsp3) is 0.500. The van der Waals surface area contributed by atoms with Gasteiger partial charge in [0.15, 0.2) is 0 Å². The number of likely N-dealkylation sites (tertiary alicyclic amines) is 1. The van der Waals surface area contributed by atoms with Crippen LogP contribution in [0.4, 0.5) is 10.5 Å². The number of aryl methyl sites for hydroxylation is 1. The van der Waals surface area contributed by atoms with Crippen molar-refractivity contribution in [3.63, 3.8) is 0 Å². The highest BCUT2D eigenvalue weighted by atomic mass is 79.9. The molecule has 2 amide bonds. The van der Waals surface area contributed by atoms with Crippen molar-refractivity contribution in [3.8, 4) is 0 Å². The van der Waals surface area contributed by atoms with Crippen LogP contribution in [0.2, 0.25) is 0 Å². The number of carbonyl (C=O) groups excluding carboxylic acids is 1. The lowest BCUT2D eigenvalue weighted by molar-refractivity contribution is -0.149. The molecule has 2 aliphatic rings. The molecule has 0 radical (unpaired) electrons. The summed E-state index contributed by atoms with van der Waals surface area (Å²) >= 11 is 3.40. The molecule has 22 heavy (non-hydrogen) atoms. The molecule has 1 saturated heterocycles. The maximum Gasteiger partial charge on any atom is 0.321 e. The zero-order valence-electron chi connectivity index (χ0n) is 12.4. The van der Waals surface area contributed by atoms with Gasteiger partial charge >= 0.3 is 12.0 Å². The molecule has 1 aromatic rings. The van der Waals surface area contributed by atoms with Crippen LogP contribution in [0, 0.1) is 18.3 Å². The molecule has 1 aliphatic carbocycles. The first-order valence-electron chi connectivity index (χ1n) is 7.48. The van der Waals surface area contributed by atoms with Crippen molar-refractivity contribution in [3.05, 3.63) is 28.2 Å². The molecule has 5 nitrogen and oxygen atoms in total. The summed E-state index contributed by atoms with van der Waals surface area (Å²) in [7, 11) is 0. The van der Waals surface area contributed by atoms with Crippen LogP contribution in [-0.4, -0.2) is 35.1 Å². The molecule has 2 fully saturated rings. The van der Waals surface area contributed by atoms with Crippen LogP contribution in [-0.2, 0) is 4.79 Å². The molecule has 0 unspecified atom stereocenters. The van der Waals surface area contributed by atoms with Crippen LogP contribution in [0.15, 0.2) is 22.7 Å². The Morgan fingerprint density at radius 2 is 2.23 bits per heavy atom. The number of nitrogens with zero attached hydrogens (tertiary/aromatic N) is 1. The van der Waals surface area contributed by atoms with Crippen molar-refractivity contribution in [1.29, 1.82) is 0 Å². The Morgan fingerprint density at radius 3 is 2.86 bits per heavy atom. The largest absolute Gasteiger partial charge is 0.481 e. The lowest BCUT2D eigenvalue weighted by atomic mass is 9.81. The van der Waals surface area contributed by atoms with Crippen LogP contribution in [0.5, 0.6) is 0 Å². The Morgan fingerprint density at radius 1 is 1.45 bits per heavy atom. The number of carboxylic acids is 1. The van der Waals surface area contributed by atoms with Crippen LogP contribution < -0.4 is 5.32 Å². The van der Waals surface area contributed by atoms with E-state index in [-0.39, 0.29) is 11.9 Å². The number of hydrogen-bond acceptors (Lipinski definition) is 2. The summed E-state index contributed by atoms with van der Waals surface area (Å²) in [6.45, 7) is 2.78. The third-order valence-electron chi connectivity index (χ3n) is 5.01. The Balaban J connectivity index is 1.73. The Hall–Kier alpha value is -1.56.